The highest BCUT2D eigenvalue weighted by molar-refractivity contribution is 5.98. The van der Waals surface area contributed by atoms with Crippen LogP contribution in [0.25, 0.3) is 0 Å². The summed E-state index contributed by atoms with van der Waals surface area (Å²) in [6.07, 6.45) is 0.948. The molecule has 0 N–H and O–H groups in total. The Balaban J connectivity index is 1.69. The zero-order chi connectivity index (χ0) is 20.2. The molecule has 1 atom stereocenters. The van der Waals surface area contributed by atoms with Crippen LogP contribution in [0.3, 0.4) is 0 Å². The fourth-order valence-electron chi connectivity index (χ4n) is 3.06. The number of methoxy groups -OCH3 is 2. The van der Waals surface area contributed by atoms with Gasteiger partial charge >= 0.3 is 0 Å². The van der Waals surface area contributed by atoms with Crippen molar-refractivity contribution in [3.05, 3.63) is 89.5 Å². The van der Waals surface area contributed by atoms with E-state index in [9.17, 15) is 4.79 Å². The Bertz CT molecular complexity index is 1030. The van der Waals surface area contributed by atoms with Gasteiger partial charge in [-0.15, -0.1) is 0 Å². The van der Waals surface area contributed by atoms with Crippen LogP contribution in [0.15, 0.2) is 77.9 Å². The molecular weight excluding hydrogens is 368 g/mol. The molecule has 3 aromatic carbocycles. The Labute approximate surface area is 168 Å². The Kier molecular flexibility index (Phi) is 5.16. The van der Waals surface area contributed by atoms with Gasteiger partial charge in [0.05, 0.1) is 26.0 Å². The number of carbonyl (C=O) groups is 1. The van der Waals surface area contributed by atoms with Crippen molar-refractivity contribution in [3.63, 3.8) is 0 Å². The van der Waals surface area contributed by atoms with Crippen LogP contribution in [0.2, 0.25) is 0 Å². The largest absolute Gasteiger partial charge is 0.497 e. The number of hydrazone groups is 1. The van der Waals surface area contributed by atoms with E-state index in [-0.39, 0.29) is 5.91 Å². The minimum absolute atomic E-state index is 0.225. The molecule has 0 aromatic heterocycles. The number of carbonyl (C=O) groups excluding carboxylic acids is 1. The van der Waals surface area contributed by atoms with Gasteiger partial charge in [0.15, 0.2) is 0 Å². The summed E-state index contributed by atoms with van der Waals surface area (Å²) in [6.45, 7) is 0. The summed E-state index contributed by atoms with van der Waals surface area (Å²) in [4.78, 5) is 13.1. The Morgan fingerprint density at radius 3 is 2.17 bits per heavy atom. The molecule has 1 amide bonds. The summed E-state index contributed by atoms with van der Waals surface area (Å²) < 4.78 is 16.5. The lowest BCUT2D eigenvalue weighted by Crippen LogP contribution is -2.38. The zero-order valence-electron chi connectivity index (χ0n) is 16.1. The highest BCUT2D eigenvalue weighted by atomic mass is 16.5. The molecule has 1 heterocycles. The van der Waals surface area contributed by atoms with E-state index in [0.29, 0.717) is 11.3 Å². The van der Waals surface area contributed by atoms with Crippen LogP contribution in [0.1, 0.15) is 27.7 Å². The molecule has 6 nitrogen and oxygen atoms in total. The molecular formula is C23H20N2O4. The van der Waals surface area contributed by atoms with E-state index < -0.39 is 6.23 Å². The van der Waals surface area contributed by atoms with E-state index in [2.05, 4.69) is 5.10 Å². The Morgan fingerprint density at radius 2 is 1.52 bits per heavy atom. The van der Waals surface area contributed by atoms with Gasteiger partial charge in [-0.2, -0.15) is 10.1 Å². The number of benzene rings is 3. The molecule has 146 valence electrons. The van der Waals surface area contributed by atoms with Gasteiger partial charge in [-0.3, -0.25) is 4.79 Å². The number of rotatable bonds is 5. The second kappa shape index (κ2) is 8.06. The minimum Gasteiger partial charge on any atom is -0.497 e. The maximum Gasteiger partial charge on any atom is 0.281 e. The highest BCUT2D eigenvalue weighted by Gasteiger charge is 2.34. The molecule has 3 aromatic rings. The summed E-state index contributed by atoms with van der Waals surface area (Å²) >= 11 is 0. The molecule has 0 radical (unpaired) electrons. The van der Waals surface area contributed by atoms with Crippen LogP contribution >= 0.6 is 0 Å². The zero-order valence-corrected chi connectivity index (χ0v) is 16.1. The van der Waals surface area contributed by atoms with E-state index in [4.69, 9.17) is 14.2 Å². The highest BCUT2D eigenvalue weighted by Crippen LogP contribution is 2.35. The lowest BCUT2D eigenvalue weighted by molar-refractivity contribution is 0.00994. The maximum absolute atomic E-state index is 13.1. The third-order valence-electron chi connectivity index (χ3n) is 4.63. The van der Waals surface area contributed by atoms with Gasteiger partial charge in [0.2, 0.25) is 6.23 Å². The van der Waals surface area contributed by atoms with Gasteiger partial charge in [-0.25, -0.2) is 0 Å². The lowest BCUT2D eigenvalue weighted by atomic mass is 10.1. The van der Waals surface area contributed by atoms with Crippen LogP contribution in [0.4, 0.5) is 0 Å². The molecule has 4 rings (SSSR count). The quantitative estimate of drug-likeness (QED) is 0.613. The number of ether oxygens (including phenoxy) is 3. The smallest absolute Gasteiger partial charge is 0.281 e. The molecule has 29 heavy (non-hydrogen) atoms. The summed E-state index contributed by atoms with van der Waals surface area (Å²) in [6, 6.07) is 22.0. The Hall–Kier alpha value is -3.80. The number of amides is 1. The molecule has 0 aliphatic carbocycles. The van der Waals surface area contributed by atoms with Crippen molar-refractivity contribution in [1.29, 1.82) is 0 Å². The van der Waals surface area contributed by atoms with Gasteiger partial charge in [0.25, 0.3) is 5.91 Å². The van der Waals surface area contributed by atoms with Gasteiger partial charge in [-0.05, 0) is 66.2 Å². The third kappa shape index (κ3) is 3.78. The van der Waals surface area contributed by atoms with Crippen molar-refractivity contribution in [3.8, 4) is 17.2 Å². The average Bonchev–Trinajstić information content (AvgIpc) is 2.79. The molecule has 0 spiro atoms. The predicted molar refractivity (Wildman–Crippen MR) is 110 cm³/mol. The lowest BCUT2D eigenvalue weighted by Gasteiger charge is -2.33. The first-order valence-electron chi connectivity index (χ1n) is 9.11. The normalized spacial score (nSPS) is 15.7. The summed E-state index contributed by atoms with van der Waals surface area (Å²) in [5, 5.41) is 5.81. The first-order valence-corrected chi connectivity index (χ1v) is 9.11. The Morgan fingerprint density at radius 1 is 0.897 bits per heavy atom. The van der Waals surface area contributed by atoms with Crippen molar-refractivity contribution in [2.75, 3.05) is 14.2 Å². The van der Waals surface area contributed by atoms with E-state index in [1.165, 1.54) is 5.01 Å². The average molecular weight is 388 g/mol. The van der Waals surface area contributed by atoms with Crippen LogP contribution in [0, 0.1) is 0 Å². The van der Waals surface area contributed by atoms with Gasteiger partial charge in [0, 0.05) is 5.56 Å². The number of hydrogen-bond donors (Lipinski definition) is 0. The predicted octanol–water partition coefficient (Wildman–Crippen LogP) is 4.27. The van der Waals surface area contributed by atoms with E-state index in [1.54, 1.807) is 38.6 Å². The fourth-order valence-corrected chi connectivity index (χ4v) is 3.06. The van der Waals surface area contributed by atoms with Gasteiger partial charge in [-0.1, -0.05) is 12.1 Å². The van der Waals surface area contributed by atoms with E-state index >= 15 is 0 Å². The molecule has 1 aliphatic heterocycles. The van der Waals surface area contributed by atoms with Crippen LogP contribution in [0.5, 0.6) is 17.2 Å². The van der Waals surface area contributed by atoms with Crippen molar-refractivity contribution >= 4 is 12.1 Å². The summed E-state index contributed by atoms with van der Waals surface area (Å²) in [5.41, 5.74) is 2.11. The molecule has 0 bridgehead atoms. The van der Waals surface area contributed by atoms with Crippen LogP contribution in [-0.2, 0) is 0 Å². The molecule has 0 saturated carbocycles. The second-order valence-electron chi connectivity index (χ2n) is 6.41. The van der Waals surface area contributed by atoms with Crippen molar-refractivity contribution in [2.24, 2.45) is 5.10 Å². The number of fused-ring (bicyclic) bond motifs is 1. The summed E-state index contributed by atoms with van der Waals surface area (Å²) in [7, 11) is 3.22. The molecule has 6 heteroatoms. The number of hydrogen-bond acceptors (Lipinski definition) is 5. The minimum atomic E-state index is -0.683. The van der Waals surface area contributed by atoms with Crippen molar-refractivity contribution in [2.45, 2.75) is 6.23 Å². The van der Waals surface area contributed by atoms with E-state index in [0.717, 1.165) is 22.6 Å². The molecule has 0 saturated heterocycles. The van der Waals surface area contributed by atoms with E-state index in [1.807, 2.05) is 54.6 Å². The summed E-state index contributed by atoms with van der Waals surface area (Å²) in [5.74, 6) is 1.79. The molecule has 0 unspecified atom stereocenters. The monoisotopic (exact) mass is 388 g/mol. The topological polar surface area (TPSA) is 60.4 Å². The van der Waals surface area contributed by atoms with Crippen molar-refractivity contribution in [1.82, 2.24) is 5.01 Å². The first kappa shape index (κ1) is 18.6. The maximum atomic E-state index is 13.1. The molecule has 1 aliphatic rings. The second-order valence-corrected chi connectivity index (χ2v) is 6.41. The standard InChI is InChI=1S/C23H20N2O4/c1-27-18-11-7-16(8-12-18)15-24-25-22(26)20-5-3-4-6-21(20)29-23(25)17-9-13-19(28-2)14-10-17/h3-15,23H,1-2H3/b24-15-/t23-/m1/s1. The first-order chi connectivity index (χ1) is 14.2. The van der Waals surface area contributed by atoms with Crippen LogP contribution < -0.4 is 14.2 Å². The van der Waals surface area contributed by atoms with Gasteiger partial charge < -0.3 is 14.2 Å². The van der Waals surface area contributed by atoms with Crippen LogP contribution in [-0.4, -0.2) is 31.4 Å². The number of nitrogens with zero attached hydrogens (tertiary/aromatic N) is 2. The van der Waals surface area contributed by atoms with Gasteiger partial charge in [0.1, 0.15) is 17.2 Å². The SMILES string of the molecule is COc1ccc(/C=N\N2C(=O)c3ccccc3O[C@@H]2c2ccc(OC)cc2)cc1. The number of para-hydroxylation sites is 1. The van der Waals surface area contributed by atoms with Crippen molar-refractivity contribution < 1.29 is 19.0 Å². The fraction of sp³-hybridized carbons (Fsp3) is 0.130. The third-order valence-corrected chi connectivity index (χ3v) is 4.63. The molecule has 0 fully saturated rings.